The van der Waals surface area contributed by atoms with Gasteiger partial charge in [0.05, 0.1) is 12.4 Å². The van der Waals surface area contributed by atoms with Crippen molar-refractivity contribution >= 4 is 11.3 Å². The largest absolute Gasteiger partial charge is 0.288 e. The predicted molar refractivity (Wildman–Crippen MR) is 46.1 cm³/mol. The maximum Gasteiger partial charge on any atom is 0.288 e. The second-order valence-corrected chi connectivity index (χ2v) is 2.80. The zero-order chi connectivity index (χ0) is 8.67. The van der Waals surface area contributed by atoms with Crippen molar-refractivity contribution in [3.05, 3.63) is 43.0 Å². The maximum atomic E-state index is 4.20. The summed E-state index contributed by atoms with van der Waals surface area (Å²) >= 11 is 0. The molecular weight excluding hydrogens is 164 g/mol. The first kappa shape index (κ1) is 6.54. The molecule has 4 heteroatoms. The van der Waals surface area contributed by atoms with Crippen molar-refractivity contribution in [1.29, 1.82) is 0 Å². The van der Waals surface area contributed by atoms with Gasteiger partial charge < -0.3 is 0 Å². The Morgan fingerprint density at radius 3 is 3.23 bits per heavy atom. The van der Waals surface area contributed by atoms with Gasteiger partial charge in [-0.05, 0) is 6.07 Å². The van der Waals surface area contributed by atoms with Crippen LogP contribution in [0.4, 0.5) is 0 Å². The number of nitrogens with zero attached hydrogens (tertiary/aromatic N) is 4. The van der Waals surface area contributed by atoms with Crippen LogP contribution >= 0.6 is 0 Å². The molecule has 0 aliphatic heterocycles. The molecular formula is C9H7N4+. The molecule has 13 heavy (non-hydrogen) atoms. The monoisotopic (exact) mass is 171 g/mol. The van der Waals surface area contributed by atoms with Gasteiger partial charge in [-0.3, -0.25) is 0 Å². The van der Waals surface area contributed by atoms with Crippen molar-refractivity contribution in [2.75, 3.05) is 0 Å². The third kappa shape index (κ3) is 0.823. The lowest BCUT2D eigenvalue weighted by molar-refractivity contribution is -0.593. The van der Waals surface area contributed by atoms with Crippen LogP contribution in [0.2, 0.25) is 0 Å². The summed E-state index contributed by atoms with van der Waals surface area (Å²) in [5.41, 5.74) is 1.05. The van der Waals surface area contributed by atoms with E-state index < -0.39 is 0 Å². The summed E-state index contributed by atoms with van der Waals surface area (Å²) in [4.78, 5) is 8.30. The Labute approximate surface area is 74.1 Å². The van der Waals surface area contributed by atoms with Crippen molar-refractivity contribution in [3.8, 4) is 0 Å². The van der Waals surface area contributed by atoms with Gasteiger partial charge in [0.1, 0.15) is 6.20 Å². The minimum absolute atomic E-state index is 0.712. The summed E-state index contributed by atoms with van der Waals surface area (Å²) in [5.74, 6) is 0.712. The molecule has 0 radical (unpaired) electrons. The molecule has 4 nitrogen and oxygen atoms in total. The molecule has 0 aliphatic rings. The van der Waals surface area contributed by atoms with E-state index in [0.717, 1.165) is 5.52 Å². The van der Waals surface area contributed by atoms with Gasteiger partial charge in [0.15, 0.2) is 0 Å². The highest BCUT2D eigenvalue weighted by molar-refractivity contribution is 5.37. The van der Waals surface area contributed by atoms with Crippen molar-refractivity contribution in [2.45, 2.75) is 0 Å². The fraction of sp³-hybridized carbons (Fsp3) is 0. The second-order valence-electron chi connectivity index (χ2n) is 2.80. The second kappa shape index (κ2) is 2.26. The molecule has 0 bridgehead atoms. The smallest absolute Gasteiger partial charge is 0.215 e. The molecule has 0 saturated carbocycles. The van der Waals surface area contributed by atoms with Gasteiger partial charge in [0.2, 0.25) is 6.20 Å². The molecule has 0 saturated heterocycles. The molecule has 62 valence electrons. The van der Waals surface area contributed by atoms with Crippen molar-refractivity contribution in [3.63, 3.8) is 0 Å². The van der Waals surface area contributed by atoms with Gasteiger partial charge in [-0.2, -0.15) is 0 Å². The first-order chi connectivity index (χ1) is 6.45. The van der Waals surface area contributed by atoms with E-state index in [-0.39, 0.29) is 0 Å². The van der Waals surface area contributed by atoms with Crippen LogP contribution < -0.4 is 4.52 Å². The molecule has 3 aromatic heterocycles. The topological polar surface area (TPSA) is 34.3 Å². The molecule has 3 heterocycles. The lowest BCUT2D eigenvalue weighted by atomic mass is 10.4. The molecule has 0 aromatic carbocycles. The number of hydrogen-bond donors (Lipinski definition) is 0. The van der Waals surface area contributed by atoms with Crippen molar-refractivity contribution in [1.82, 2.24) is 14.5 Å². The average Bonchev–Trinajstić information content (AvgIpc) is 2.65. The Kier molecular flexibility index (Phi) is 1.14. The van der Waals surface area contributed by atoms with Gasteiger partial charge in [-0.1, -0.05) is 9.03 Å². The minimum atomic E-state index is 0.712. The quantitative estimate of drug-likeness (QED) is 0.461. The highest BCUT2D eigenvalue weighted by atomic mass is 15.3. The summed E-state index contributed by atoms with van der Waals surface area (Å²) in [5, 5.41) is 0. The fourth-order valence-corrected chi connectivity index (χ4v) is 1.42. The Morgan fingerprint density at radius 1 is 1.23 bits per heavy atom. The number of pyridine rings is 1. The normalized spacial score (nSPS) is 11.1. The number of rotatable bonds is 0. The van der Waals surface area contributed by atoms with Crippen molar-refractivity contribution < 1.29 is 4.52 Å². The van der Waals surface area contributed by atoms with E-state index in [1.54, 1.807) is 6.20 Å². The van der Waals surface area contributed by atoms with Crippen molar-refractivity contribution in [2.24, 2.45) is 0 Å². The minimum Gasteiger partial charge on any atom is -0.215 e. The number of fused-ring (bicyclic) bond motifs is 3. The van der Waals surface area contributed by atoms with Gasteiger partial charge in [-0.15, -0.1) is 0 Å². The molecule has 3 aromatic rings. The third-order valence-electron chi connectivity index (χ3n) is 2.02. The highest BCUT2D eigenvalue weighted by Crippen LogP contribution is 1.95. The molecule has 0 atom stereocenters. The van der Waals surface area contributed by atoms with Gasteiger partial charge in [0.25, 0.3) is 11.3 Å². The Morgan fingerprint density at radius 2 is 2.23 bits per heavy atom. The van der Waals surface area contributed by atoms with E-state index in [9.17, 15) is 0 Å². The first-order valence-electron chi connectivity index (χ1n) is 4.04. The molecule has 0 spiro atoms. The van der Waals surface area contributed by atoms with Crippen LogP contribution in [0.15, 0.2) is 43.0 Å². The van der Waals surface area contributed by atoms with Crippen LogP contribution in [0.25, 0.3) is 11.3 Å². The SMILES string of the molecule is c1cc[n+]2c(c1)cnc1nccn12. The molecule has 0 N–H and O–H groups in total. The van der Waals surface area contributed by atoms with Gasteiger partial charge in [0, 0.05) is 12.1 Å². The number of aromatic nitrogens is 4. The average molecular weight is 171 g/mol. The van der Waals surface area contributed by atoms with Gasteiger partial charge in [-0.25, -0.2) is 9.97 Å². The molecule has 0 unspecified atom stereocenters. The first-order valence-corrected chi connectivity index (χ1v) is 4.04. The molecule has 0 fully saturated rings. The van der Waals surface area contributed by atoms with Crippen LogP contribution in [-0.4, -0.2) is 14.5 Å². The van der Waals surface area contributed by atoms with E-state index in [0.29, 0.717) is 5.78 Å². The molecule has 3 rings (SSSR count). The number of hydrogen-bond acceptors (Lipinski definition) is 2. The van der Waals surface area contributed by atoms with E-state index in [1.807, 2.05) is 45.8 Å². The summed E-state index contributed by atoms with van der Waals surface area (Å²) in [7, 11) is 0. The van der Waals surface area contributed by atoms with E-state index in [2.05, 4.69) is 9.97 Å². The number of imidazole rings is 1. The van der Waals surface area contributed by atoms with Crippen LogP contribution in [0.5, 0.6) is 0 Å². The lowest BCUT2D eigenvalue weighted by Crippen LogP contribution is -2.30. The summed E-state index contributed by atoms with van der Waals surface area (Å²) in [6.07, 6.45) is 7.41. The molecule has 0 aliphatic carbocycles. The lowest BCUT2D eigenvalue weighted by Gasteiger charge is -1.91. The summed E-state index contributed by atoms with van der Waals surface area (Å²) < 4.78 is 3.89. The summed E-state index contributed by atoms with van der Waals surface area (Å²) in [6.45, 7) is 0. The van der Waals surface area contributed by atoms with Crippen LogP contribution in [0.1, 0.15) is 0 Å². The van der Waals surface area contributed by atoms with E-state index >= 15 is 0 Å². The van der Waals surface area contributed by atoms with Crippen LogP contribution in [-0.2, 0) is 0 Å². The predicted octanol–water partition coefficient (Wildman–Crippen LogP) is 0.468. The fourth-order valence-electron chi connectivity index (χ4n) is 1.42. The van der Waals surface area contributed by atoms with E-state index in [1.165, 1.54) is 0 Å². The zero-order valence-corrected chi connectivity index (χ0v) is 6.83. The maximum absolute atomic E-state index is 4.20. The third-order valence-corrected chi connectivity index (χ3v) is 2.02. The zero-order valence-electron chi connectivity index (χ0n) is 6.83. The van der Waals surface area contributed by atoms with E-state index in [4.69, 9.17) is 0 Å². The summed E-state index contributed by atoms with van der Waals surface area (Å²) in [6, 6.07) is 5.97. The Bertz CT molecular complexity index is 570. The Hall–Kier alpha value is -1.97. The standard InChI is InChI=1S/C9H7N4/c1-2-5-12-8(3-1)7-11-9-10-4-6-13(9)12/h1-7H/q+1. The van der Waals surface area contributed by atoms with Crippen LogP contribution in [0, 0.1) is 0 Å². The Balaban J connectivity index is 2.65. The molecule has 0 amide bonds. The van der Waals surface area contributed by atoms with Gasteiger partial charge >= 0.3 is 0 Å². The van der Waals surface area contributed by atoms with Crippen LogP contribution in [0.3, 0.4) is 0 Å². The highest BCUT2D eigenvalue weighted by Gasteiger charge is 2.06.